The van der Waals surface area contributed by atoms with Gasteiger partial charge >= 0.3 is 0 Å². The summed E-state index contributed by atoms with van der Waals surface area (Å²) in [6.07, 6.45) is 0. The summed E-state index contributed by atoms with van der Waals surface area (Å²) >= 11 is 0. The maximum Gasteiger partial charge on any atom is 0.231 e. The fourth-order valence-corrected chi connectivity index (χ4v) is 5.53. The highest BCUT2D eigenvalue weighted by molar-refractivity contribution is 7.92. The third-order valence-corrected chi connectivity index (χ3v) is 6.81. The molecule has 6 heteroatoms. The molecular formula is C17H16O5S. The van der Waals surface area contributed by atoms with Crippen LogP contribution in [0.4, 0.5) is 0 Å². The minimum Gasteiger partial charge on any atom is -0.454 e. The van der Waals surface area contributed by atoms with Crippen LogP contribution in [0.15, 0.2) is 53.4 Å². The molecule has 1 aliphatic heterocycles. The lowest BCUT2D eigenvalue weighted by atomic mass is 10.1. The van der Waals surface area contributed by atoms with Crippen molar-refractivity contribution in [1.29, 1.82) is 0 Å². The molecule has 1 N–H and O–H groups in total. The summed E-state index contributed by atoms with van der Waals surface area (Å²) < 4.78 is 36.3. The molecular weight excluding hydrogens is 316 g/mol. The quantitative estimate of drug-likeness (QED) is 0.927. The fraction of sp³-hybridized carbons (Fsp3) is 0.294. The van der Waals surface area contributed by atoms with Gasteiger partial charge in [-0.05, 0) is 29.8 Å². The van der Waals surface area contributed by atoms with Crippen molar-refractivity contribution in [1.82, 2.24) is 0 Å². The Labute approximate surface area is 134 Å². The van der Waals surface area contributed by atoms with Gasteiger partial charge in [0.2, 0.25) is 6.79 Å². The van der Waals surface area contributed by atoms with Gasteiger partial charge in [0, 0.05) is 18.4 Å². The number of fused-ring (bicyclic) bond motifs is 1. The van der Waals surface area contributed by atoms with Crippen molar-refractivity contribution < 1.29 is 23.0 Å². The molecule has 0 radical (unpaired) electrons. The van der Waals surface area contributed by atoms with E-state index in [1.165, 1.54) is 0 Å². The van der Waals surface area contributed by atoms with E-state index in [0.717, 1.165) is 5.56 Å². The van der Waals surface area contributed by atoms with Crippen LogP contribution in [0.3, 0.4) is 0 Å². The van der Waals surface area contributed by atoms with Crippen LogP contribution >= 0.6 is 0 Å². The molecule has 2 aliphatic rings. The van der Waals surface area contributed by atoms with E-state index < -0.39 is 15.1 Å². The summed E-state index contributed by atoms with van der Waals surface area (Å²) in [6, 6.07) is 13.8. The van der Waals surface area contributed by atoms with Gasteiger partial charge in [0.25, 0.3) is 0 Å². The van der Waals surface area contributed by atoms with Crippen molar-refractivity contribution in [2.45, 2.75) is 16.1 Å². The fourth-order valence-electron chi connectivity index (χ4n) is 3.31. The molecule has 1 heterocycles. The zero-order valence-electron chi connectivity index (χ0n) is 12.3. The maximum absolute atomic E-state index is 12.8. The van der Waals surface area contributed by atoms with E-state index in [1.807, 2.05) is 12.1 Å². The molecule has 0 spiro atoms. The van der Waals surface area contributed by atoms with Gasteiger partial charge < -0.3 is 14.6 Å². The van der Waals surface area contributed by atoms with Gasteiger partial charge in [-0.15, -0.1) is 0 Å². The Kier molecular flexibility index (Phi) is 3.32. The normalized spacial score (nSPS) is 25.3. The van der Waals surface area contributed by atoms with Gasteiger partial charge in [-0.2, -0.15) is 0 Å². The molecule has 2 aromatic rings. The number of benzene rings is 2. The van der Waals surface area contributed by atoms with Gasteiger partial charge in [0.15, 0.2) is 21.3 Å². The van der Waals surface area contributed by atoms with Crippen molar-refractivity contribution in [3.8, 4) is 11.5 Å². The van der Waals surface area contributed by atoms with Crippen LogP contribution in [0.2, 0.25) is 0 Å². The largest absolute Gasteiger partial charge is 0.454 e. The summed E-state index contributed by atoms with van der Waals surface area (Å²) in [6.45, 7) is 0.0223. The van der Waals surface area contributed by atoms with Crippen LogP contribution in [0.25, 0.3) is 0 Å². The number of sulfone groups is 1. The molecule has 23 heavy (non-hydrogen) atoms. The minimum atomic E-state index is -3.47. The highest BCUT2D eigenvalue weighted by Gasteiger charge is 2.58. The van der Waals surface area contributed by atoms with Crippen LogP contribution in [-0.2, 0) is 9.84 Å². The van der Waals surface area contributed by atoms with Crippen molar-refractivity contribution >= 4 is 9.84 Å². The monoisotopic (exact) mass is 332 g/mol. The Balaban J connectivity index is 1.68. The third kappa shape index (κ3) is 2.29. The Morgan fingerprint density at radius 1 is 1.04 bits per heavy atom. The molecule has 4 rings (SSSR count). The molecule has 5 nitrogen and oxygen atoms in total. The van der Waals surface area contributed by atoms with Gasteiger partial charge in [-0.3, -0.25) is 0 Å². The topological polar surface area (TPSA) is 72.8 Å². The summed E-state index contributed by atoms with van der Waals surface area (Å²) in [5, 5.41) is 8.99. The second-order valence-electron chi connectivity index (χ2n) is 5.81. The standard InChI is InChI=1S/C17H16O5S/c18-9-13-16(11-6-7-14-15(8-11)22-10-21-14)17(13)23(19,20)12-4-2-1-3-5-12/h1-8,13,16-18H,9-10H2/t13-,16+,17+/m1/s1. The van der Waals surface area contributed by atoms with Gasteiger partial charge in [0.1, 0.15) is 0 Å². The first-order valence-electron chi connectivity index (χ1n) is 7.42. The molecule has 0 amide bonds. The lowest BCUT2D eigenvalue weighted by molar-refractivity contribution is 0.174. The van der Waals surface area contributed by atoms with E-state index in [1.54, 1.807) is 36.4 Å². The van der Waals surface area contributed by atoms with Crippen LogP contribution in [0.5, 0.6) is 11.5 Å². The lowest BCUT2D eigenvalue weighted by Crippen LogP contribution is -2.11. The predicted octanol–water partition coefficient (Wildman–Crippen LogP) is 1.96. The number of aliphatic hydroxyl groups is 1. The van der Waals surface area contributed by atoms with Crippen molar-refractivity contribution in [2.75, 3.05) is 13.4 Å². The third-order valence-electron chi connectivity index (χ3n) is 4.52. The second kappa shape index (κ2) is 5.25. The first-order chi connectivity index (χ1) is 11.1. The molecule has 1 fully saturated rings. The highest BCUT2D eigenvalue weighted by Crippen LogP contribution is 2.54. The van der Waals surface area contributed by atoms with Crippen LogP contribution in [-0.4, -0.2) is 32.2 Å². The molecule has 2 aromatic carbocycles. The summed E-state index contributed by atoms with van der Waals surface area (Å²) in [5.41, 5.74) is 0.859. The predicted molar refractivity (Wildman–Crippen MR) is 83.3 cm³/mol. The van der Waals surface area contributed by atoms with Gasteiger partial charge in [-0.1, -0.05) is 24.3 Å². The lowest BCUT2D eigenvalue weighted by Gasteiger charge is -2.05. The number of hydrogen-bond donors (Lipinski definition) is 1. The number of rotatable bonds is 4. The maximum atomic E-state index is 12.8. The number of aliphatic hydroxyl groups excluding tert-OH is 1. The average Bonchev–Trinajstić information content (AvgIpc) is 3.15. The van der Waals surface area contributed by atoms with E-state index in [-0.39, 0.29) is 25.2 Å². The second-order valence-corrected chi connectivity index (χ2v) is 7.91. The Morgan fingerprint density at radius 3 is 2.52 bits per heavy atom. The minimum absolute atomic E-state index is 0.157. The van der Waals surface area contributed by atoms with Crippen molar-refractivity contribution in [3.63, 3.8) is 0 Å². The SMILES string of the molecule is O=S(=O)(c1ccccc1)[C@H]1[C@H](CO)[C@@H]1c1ccc2c(c1)OCO2. The van der Waals surface area contributed by atoms with Crippen LogP contribution in [0.1, 0.15) is 11.5 Å². The molecule has 3 atom stereocenters. The summed E-state index contributed by atoms with van der Waals surface area (Å²) in [4.78, 5) is 0.298. The van der Waals surface area contributed by atoms with Gasteiger partial charge in [-0.25, -0.2) is 8.42 Å². The first-order valence-corrected chi connectivity index (χ1v) is 8.97. The molecule has 1 saturated carbocycles. The average molecular weight is 332 g/mol. The highest BCUT2D eigenvalue weighted by atomic mass is 32.2. The van der Waals surface area contributed by atoms with Crippen molar-refractivity contribution in [2.24, 2.45) is 5.92 Å². The number of ether oxygens (including phenoxy) is 2. The van der Waals surface area contributed by atoms with E-state index in [0.29, 0.717) is 16.4 Å². The van der Waals surface area contributed by atoms with Crippen LogP contribution < -0.4 is 9.47 Å². The smallest absolute Gasteiger partial charge is 0.231 e. The number of hydrogen-bond acceptors (Lipinski definition) is 5. The van der Waals surface area contributed by atoms with E-state index >= 15 is 0 Å². The summed E-state index contributed by atoms with van der Waals surface area (Å²) in [7, 11) is -3.47. The molecule has 0 saturated heterocycles. The molecule has 0 aromatic heterocycles. The zero-order valence-corrected chi connectivity index (χ0v) is 13.1. The molecule has 120 valence electrons. The molecule has 0 bridgehead atoms. The first kappa shape index (κ1) is 14.5. The van der Waals surface area contributed by atoms with E-state index in [4.69, 9.17) is 9.47 Å². The summed E-state index contributed by atoms with van der Waals surface area (Å²) in [5.74, 6) is 0.777. The van der Waals surface area contributed by atoms with Gasteiger partial charge in [0.05, 0.1) is 10.1 Å². The molecule has 0 unspecified atom stereocenters. The van der Waals surface area contributed by atoms with Crippen molar-refractivity contribution in [3.05, 3.63) is 54.1 Å². The van der Waals surface area contributed by atoms with E-state index in [2.05, 4.69) is 0 Å². The zero-order chi connectivity index (χ0) is 16.0. The van der Waals surface area contributed by atoms with E-state index in [9.17, 15) is 13.5 Å². The Morgan fingerprint density at radius 2 is 1.78 bits per heavy atom. The molecule has 1 aliphatic carbocycles. The Hall–Kier alpha value is -2.05. The Bertz CT molecular complexity index is 831. The van der Waals surface area contributed by atoms with Crippen LogP contribution in [0, 0.1) is 5.92 Å².